The SMILES string of the molecule is O=C(NCc1ccc(N2CCOCC2)nc1)c1cccc(S(=O)(=O)NCC2CCCO2)c1. The van der Waals surface area contributed by atoms with Crippen molar-refractivity contribution in [3.63, 3.8) is 0 Å². The molecule has 1 unspecified atom stereocenters. The van der Waals surface area contributed by atoms with Crippen LogP contribution >= 0.6 is 0 Å². The number of anilines is 1. The Morgan fingerprint density at radius 1 is 1.16 bits per heavy atom. The lowest BCUT2D eigenvalue weighted by molar-refractivity contribution is 0.0950. The predicted molar refractivity (Wildman–Crippen MR) is 119 cm³/mol. The van der Waals surface area contributed by atoms with Crippen molar-refractivity contribution in [3.8, 4) is 0 Å². The molecule has 1 aromatic carbocycles. The number of aromatic nitrogens is 1. The summed E-state index contributed by atoms with van der Waals surface area (Å²) in [7, 11) is -3.72. The topological polar surface area (TPSA) is 110 Å². The molecule has 1 atom stereocenters. The summed E-state index contributed by atoms with van der Waals surface area (Å²) in [4.78, 5) is 19.3. The zero-order valence-corrected chi connectivity index (χ0v) is 18.6. The van der Waals surface area contributed by atoms with Gasteiger partial charge in [-0.2, -0.15) is 0 Å². The molecule has 4 rings (SSSR count). The summed E-state index contributed by atoms with van der Waals surface area (Å²) < 4.78 is 38.6. The number of carbonyl (C=O) groups is 1. The van der Waals surface area contributed by atoms with E-state index in [4.69, 9.17) is 9.47 Å². The number of ether oxygens (including phenoxy) is 2. The van der Waals surface area contributed by atoms with Crippen LogP contribution in [0.5, 0.6) is 0 Å². The molecule has 2 aliphatic heterocycles. The fourth-order valence-electron chi connectivity index (χ4n) is 3.68. The van der Waals surface area contributed by atoms with Gasteiger partial charge in [0, 0.05) is 44.5 Å². The Labute approximate surface area is 188 Å². The Morgan fingerprint density at radius 2 is 2.00 bits per heavy atom. The Morgan fingerprint density at radius 3 is 2.72 bits per heavy atom. The van der Waals surface area contributed by atoms with Crippen molar-refractivity contribution >= 4 is 21.7 Å². The first-order valence-electron chi connectivity index (χ1n) is 10.8. The lowest BCUT2D eigenvalue weighted by Gasteiger charge is -2.27. The summed E-state index contributed by atoms with van der Waals surface area (Å²) in [5, 5.41) is 2.82. The van der Waals surface area contributed by atoms with Crippen molar-refractivity contribution in [2.24, 2.45) is 0 Å². The smallest absolute Gasteiger partial charge is 0.251 e. The molecule has 2 saturated heterocycles. The van der Waals surface area contributed by atoms with E-state index in [1.54, 1.807) is 18.3 Å². The van der Waals surface area contributed by atoms with E-state index in [1.165, 1.54) is 12.1 Å². The number of nitrogens with zero attached hydrogens (tertiary/aromatic N) is 2. The monoisotopic (exact) mass is 460 g/mol. The van der Waals surface area contributed by atoms with Gasteiger partial charge in [0.15, 0.2) is 0 Å². The van der Waals surface area contributed by atoms with Crippen molar-refractivity contribution in [2.45, 2.75) is 30.4 Å². The number of pyridine rings is 1. The predicted octanol–water partition coefficient (Wildman–Crippen LogP) is 1.31. The zero-order valence-electron chi connectivity index (χ0n) is 17.8. The Balaban J connectivity index is 1.33. The molecule has 0 spiro atoms. The van der Waals surface area contributed by atoms with Gasteiger partial charge >= 0.3 is 0 Å². The van der Waals surface area contributed by atoms with Crippen molar-refractivity contribution in [1.82, 2.24) is 15.0 Å². The second-order valence-electron chi connectivity index (χ2n) is 7.82. The molecular formula is C22H28N4O5S. The molecule has 2 aromatic rings. The highest BCUT2D eigenvalue weighted by Crippen LogP contribution is 2.16. The van der Waals surface area contributed by atoms with Crippen molar-refractivity contribution < 1.29 is 22.7 Å². The lowest BCUT2D eigenvalue weighted by Crippen LogP contribution is -2.36. The number of sulfonamides is 1. The van der Waals surface area contributed by atoms with E-state index in [1.807, 2.05) is 12.1 Å². The van der Waals surface area contributed by atoms with E-state index < -0.39 is 10.0 Å². The maximum absolute atomic E-state index is 12.6. The van der Waals surface area contributed by atoms with Gasteiger partial charge in [0.2, 0.25) is 10.0 Å². The number of nitrogens with one attached hydrogen (secondary N) is 2. The minimum atomic E-state index is -3.72. The Kier molecular flexibility index (Phi) is 7.36. The summed E-state index contributed by atoms with van der Waals surface area (Å²) in [6.07, 6.45) is 3.42. The van der Waals surface area contributed by atoms with Gasteiger partial charge in [-0.1, -0.05) is 12.1 Å². The molecule has 2 N–H and O–H groups in total. The number of rotatable bonds is 8. The molecule has 0 bridgehead atoms. The van der Waals surface area contributed by atoms with Crippen LogP contribution in [-0.4, -0.2) is 64.9 Å². The fraction of sp³-hybridized carbons (Fsp3) is 0.455. The molecule has 0 aliphatic carbocycles. The van der Waals surface area contributed by atoms with Crippen LogP contribution in [-0.2, 0) is 26.0 Å². The molecule has 3 heterocycles. The first-order chi connectivity index (χ1) is 15.5. The van der Waals surface area contributed by atoms with Crippen LogP contribution in [0.2, 0.25) is 0 Å². The summed E-state index contributed by atoms with van der Waals surface area (Å²) in [5.41, 5.74) is 1.14. The average molecular weight is 461 g/mol. The minimum Gasteiger partial charge on any atom is -0.378 e. The van der Waals surface area contributed by atoms with Gasteiger partial charge in [-0.05, 0) is 42.7 Å². The van der Waals surface area contributed by atoms with Crippen LogP contribution in [0.3, 0.4) is 0 Å². The minimum absolute atomic E-state index is 0.0553. The van der Waals surface area contributed by atoms with Gasteiger partial charge in [0.05, 0.1) is 24.2 Å². The van der Waals surface area contributed by atoms with E-state index in [-0.39, 0.29) is 29.0 Å². The zero-order chi connectivity index (χ0) is 22.4. The van der Waals surface area contributed by atoms with Crippen LogP contribution in [0, 0.1) is 0 Å². The van der Waals surface area contributed by atoms with Crippen LogP contribution < -0.4 is 14.9 Å². The molecular weight excluding hydrogens is 432 g/mol. The third-order valence-corrected chi connectivity index (χ3v) is 6.95. The highest BCUT2D eigenvalue weighted by Gasteiger charge is 2.21. The fourth-order valence-corrected chi connectivity index (χ4v) is 4.79. The van der Waals surface area contributed by atoms with Crippen LogP contribution in [0.15, 0.2) is 47.5 Å². The number of morpholine rings is 1. The quantitative estimate of drug-likeness (QED) is 0.611. The molecule has 1 amide bonds. The summed E-state index contributed by atoms with van der Waals surface area (Å²) in [5.74, 6) is 0.537. The number of amides is 1. The third kappa shape index (κ3) is 5.83. The molecule has 9 nitrogen and oxygen atoms in total. The van der Waals surface area contributed by atoms with E-state index in [9.17, 15) is 13.2 Å². The number of carbonyl (C=O) groups excluding carboxylic acids is 1. The molecule has 2 aliphatic rings. The van der Waals surface area contributed by atoms with Gasteiger partial charge in [0.25, 0.3) is 5.91 Å². The highest BCUT2D eigenvalue weighted by molar-refractivity contribution is 7.89. The third-order valence-electron chi connectivity index (χ3n) is 5.53. The van der Waals surface area contributed by atoms with E-state index in [2.05, 4.69) is 19.9 Å². The summed E-state index contributed by atoms with van der Waals surface area (Å²) >= 11 is 0. The lowest BCUT2D eigenvalue weighted by atomic mass is 10.2. The molecule has 32 heavy (non-hydrogen) atoms. The van der Waals surface area contributed by atoms with E-state index in [0.717, 1.165) is 37.3 Å². The normalized spacial score (nSPS) is 19.1. The number of benzene rings is 1. The van der Waals surface area contributed by atoms with Crippen molar-refractivity contribution in [1.29, 1.82) is 0 Å². The molecule has 0 radical (unpaired) electrons. The maximum Gasteiger partial charge on any atom is 0.251 e. The Bertz CT molecular complexity index is 1020. The van der Waals surface area contributed by atoms with Crippen LogP contribution in [0.25, 0.3) is 0 Å². The number of hydrogen-bond acceptors (Lipinski definition) is 7. The molecule has 2 fully saturated rings. The van der Waals surface area contributed by atoms with Gasteiger partial charge in [-0.25, -0.2) is 18.1 Å². The van der Waals surface area contributed by atoms with Gasteiger partial charge < -0.3 is 19.7 Å². The van der Waals surface area contributed by atoms with Crippen molar-refractivity contribution in [2.75, 3.05) is 44.4 Å². The van der Waals surface area contributed by atoms with Crippen LogP contribution in [0.4, 0.5) is 5.82 Å². The Hall–Kier alpha value is -2.53. The second-order valence-corrected chi connectivity index (χ2v) is 9.59. The summed E-state index contributed by atoms with van der Waals surface area (Å²) in [6.45, 7) is 4.19. The molecule has 1 aromatic heterocycles. The standard InChI is InChI=1S/C22H28N4O5S/c27-22(24-15-17-6-7-21(23-14-17)26-8-11-30-12-9-26)18-3-1-5-20(13-18)32(28,29)25-16-19-4-2-10-31-19/h1,3,5-7,13-14,19,25H,2,4,8-12,15-16H2,(H,24,27). The highest BCUT2D eigenvalue weighted by atomic mass is 32.2. The average Bonchev–Trinajstić information content (AvgIpc) is 3.36. The second kappa shape index (κ2) is 10.4. The maximum atomic E-state index is 12.6. The van der Waals surface area contributed by atoms with Gasteiger partial charge in [-0.3, -0.25) is 4.79 Å². The largest absolute Gasteiger partial charge is 0.378 e. The molecule has 172 valence electrons. The summed E-state index contributed by atoms with van der Waals surface area (Å²) in [6, 6.07) is 9.87. The molecule has 10 heteroatoms. The molecule has 0 saturated carbocycles. The van der Waals surface area contributed by atoms with Crippen LogP contribution in [0.1, 0.15) is 28.8 Å². The van der Waals surface area contributed by atoms with E-state index >= 15 is 0 Å². The first kappa shape index (κ1) is 22.7. The number of hydrogen-bond donors (Lipinski definition) is 2. The van der Waals surface area contributed by atoms with Crippen molar-refractivity contribution in [3.05, 3.63) is 53.7 Å². The first-order valence-corrected chi connectivity index (χ1v) is 12.3. The van der Waals surface area contributed by atoms with E-state index in [0.29, 0.717) is 26.4 Å². The van der Waals surface area contributed by atoms with Gasteiger partial charge in [-0.15, -0.1) is 0 Å². The van der Waals surface area contributed by atoms with Gasteiger partial charge in [0.1, 0.15) is 5.82 Å².